The first-order valence-corrected chi connectivity index (χ1v) is 19.1. The van der Waals surface area contributed by atoms with Gasteiger partial charge < -0.3 is 10.2 Å². The first kappa shape index (κ1) is 34.5. The van der Waals surface area contributed by atoms with Gasteiger partial charge in [-0.15, -0.1) is 0 Å². The van der Waals surface area contributed by atoms with Crippen molar-refractivity contribution in [1.29, 1.82) is 0 Å². The zero-order chi connectivity index (χ0) is 32.9. The van der Waals surface area contributed by atoms with Crippen LogP contribution in [-0.2, 0) is 22.3 Å². The molecule has 0 radical (unpaired) electrons. The Morgan fingerprint density at radius 1 is 0.565 bits per heavy atom. The van der Waals surface area contributed by atoms with Gasteiger partial charge in [0.05, 0.1) is 0 Å². The lowest BCUT2D eigenvalue weighted by atomic mass is 9.76. The molecule has 1 aliphatic rings. The summed E-state index contributed by atoms with van der Waals surface area (Å²) in [6.45, 7) is 13.1. The van der Waals surface area contributed by atoms with Crippen LogP contribution in [0.2, 0.25) is 0 Å². The number of thioether (sulfide) groups is 2. The molecule has 2 N–H and O–H groups in total. The standard InChI is InChI=1S/C42H52O2S2/c1-29-23-31(39(43)35(25-29)41(3,4)33-17-11-9-12-18-33)27-45-37-21-15-7-8-16-22-38(37)46-28-32-24-30(2)26-36(40(32)44)42(5,6)34-19-13-10-14-20-34/h9-14,17-20,23-26,37-38,43-44H,7-8,15-16,21-22,27-28H2,1-6H3/t37-,38?/m0/s1. The maximum Gasteiger partial charge on any atom is 0.123 e. The monoisotopic (exact) mass is 652 g/mol. The number of aromatic hydroxyl groups is 2. The van der Waals surface area contributed by atoms with E-state index in [4.69, 9.17) is 0 Å². The molecule has 0 aliphatic heterocycles. The Morgan fingerprint density at radius 2 is 0.935 bits per heavy atom. The molecule has 5 rings (SSSR count). The Bertz CT molecular complexity index is 1470. The molecule has 4 aromatic rings. The molecule has 1 saturated carbocycles. The number of hydrogen-bond donors (Lipinski definition) is 2. The van der Waals surface area contributed by atoms with Gasteiger partial charge in [-0.3, -0.25) is 0 Å². The molecule has 4 aromatic carbocycles. The van der Waals surface area contributed by atoms with Gasteiger partial charge >= 0.3 is 0 Å². The van der Waals surface area contributed by atoms with Crippen LogP contribution < -0.4 is 0 Å². The van der Waals surface area contributed by atoms with Crippen LogP contribution in [0.1, 0.15) is 111 Å². The van der Waals surface area contributed by atoms with Gasteiger partial charge in [-0.05, 0) is 37.8 Å². The van der Waals surface area contributed by atoms with Crippen LogP contribution in [-0.4, -0.2) is 20.7 Å². The molecule has 46 heavy (non-hydrogen) atoms. The molecule has 0 spiro atoms. The van der Waals surface area contributed by atoms with Crippen molar-refractivity contribution < 1.29 is 10.2 Å². The summed E-state index contributed by atoms with van der Waals surface area (Å²) >= 11 is 4.05. The minimum atomic E-state index is -0.293. The highest BCUT2D eigenvalue weighted by Crippen LogP contribution is 2.44. The van der Waals surface area contributed by atoms with E-state index < -0.39 is 0 Å². The molecule has 1 aliphatic carbocycles. The average Bonchev–Trinajstić information content (AvgIpc) is 3.03. The maximum atomic E-state index is 11.6. The summed E-state index contributed by atoms with van der Waals surface area (Å²) in [7, 11) is 0. The quantitative estimate of drug-likeness (QED) is 0.179. The molecular weight excluding hydrogens is 601 g/mol. The molecule has 4 heteroatoms. The summed E-state index contributed by atoms with van der Waals surface area (Å²) in [6.07, 6.45) is 7.51. The zero-order valence-electron chi connectivity index (χ0n) is 28.6. The topological polar surface area (TPSA) is 40.5 Å². The molecule has 0 bridgehead atoms. The highest BCUT2D eigenvalue weighted by molar-refractivity contribution is 8.03. The van der Waals surface area contributed by atoms with Crippen molar-refractivity contribution in [2.24, 2.45) is 0 Å². The number of aryl methyl sites for hydroxylation is 2. The molecule has 0 aromatic heterocycles. The largest absolute Gasteiger partial charge is 0.507 e. The SMILES string of the molecule is Cc1cc(CSC2CCCCCC[C@@H]2SCc2cc(C)cc(C(C)(C)c3ccccc3)c2O)c(O)c(C(C)(C)c2ccccc2)c1. The van der Waals surface area contributed by atoms with Crippen LogP contribution in [0.5, 0.6) is 11.5 Å². The number of hydrogen-bond acceptors (Lipinski definition) is 4. The Kier molecular flexibility index (Phi) is 11.2. The fraction of sp³-hybridized carbons (Fsp3) is 0.429. The fourth-order valence-electron chi connectivity index (χ4n) is 7.09. The predicted molar refractivity (Wildman–Crippen MR) is 201 cm³/mol. The summed E-state index contributed by atoms with van der Waals surface area (Å²) in [5.41, 5.74) is 8.31. The third-order valence-electron chi connectivity index (χ3n) is 10.1. The van der Waals surface area contributed by atoms with Crippen LogP contribution >= 0.6 is 23.5 Å². The number of phenolic OH excluding ortho intramolecular Hbond substituents is 2. The Hall–Kier alpha value is -2.82. The predicted octanol–water partition coefficient (Wildman–Crippen LogP) is 11.6. The van der Waals surface area contributed by atoms with Gasteiger partial charge in [0.2, 0.25) is 0 Å². The Balaban J connectivity index is 1.35. The lowest BCUT2D eigenvalue weighted by Gasteiger charge is -2.31. The van der Waals surface area contributed by atoms with Crippen molar-refractivity contribution in [3.63, 3.8) is 0 Å². The summed E-state index contributed by atoms with van der Waals surface area (Å²) in [5, 5.41) is 24.3. The van der Waals surface area contributed by atoms with E-state index in [1.807, 2.05) is 35.7 Å². The average molecular weight is 653 g/mol. The minimum absolute atomic E-state index is 0.293. The molecule has 244 valence electrons. The van der Waals surface area contributed by atoms with E-state index in [-0.39, 0.29) is 10.8 Å². The van der Waals surface area contributed by atoms with Crippen molar-refractivity contribution in [1.82, 2.24) is 0 Å². The third kappa shape index (κ3) is 7.82. The van der Waals surface area contributed by atoms with Gasteiger partial charge in [0.15, 0.2) is 0 Å². The molecular formula is C42H52O2S2. The van der Waals surface area contributed by atoms with Crippen LogP contribution in [0.15, 0.2) is 84.9 Å². The Morgan fingerprint density at radius 3 is 1.30 bits per heavy atom. The van der Waals surface area contributed by atoms with Crippen LogP contribution in [0.25, 0.3) is 0 Å². The van der Waals surface area contributed by atoms with E-state index in [9.17, 15) is 10.2 Å². The molecule has 0 heterocycles. The zero-order valence-corrected chi connectivity index (χ0v) is 30.2. The lowest BCUT2D eigenvalue weighted by molar-refractivity contribution is 0.447. The van der Waals surface area contributed by atoms with Crippen LogP contribution in [0, 0.1) is 13.8 Å². The van der Waals surface area contributed by atoms with Crippen molar-refractivity contribution in [2.45, 2.75) is 113 Å². The summed E-state index contributed by atoms with van der Waals surface area (Å²) < 4.78 is 0. The van der Waals surface area contributed by atoms with Gasteiger partial charge in [0.1, 0.15) is 11.5 Å². The second kappa shape index (κ2) is 14.9. The molecule has 1 unspecified atom stereocenters. The van der Waals surface area contributed by atoms with E-state index >= 15 is 0 Å². The van der Waals surface area contributed by atoms with Crippen molar-refractivity contribution >= 4 is 23.5 Å². The lowest BCUT2D eigenvalue weighted by Crippen LogP contribution is -2.23. The molecule has 1 fully saturated rings. The van der Waals surface area contributed by atoms with Gasteiger partial charge in [-0.1, -0.05) is 149 Å². The van der Waals surface area contributed by atoms with E-state index in [0.717, 1.165) is 33.8 Å². The van der Waals surface area contributed by atoms with Crippen molar-refractivity contribution in [3.8, 4) is 11.5 Å². The second-order valence-electron chi connectivity index (χ2n) is 14.3. The van der Waals surface area contributed by atoms with E-state index in [1.54, 1.807) is 0 Å². The second-order valence-corrected chi connectivity index (χ2v) is 16.8. The normalized spacial score (nSPS) is 17.8. The first-order valence-electron chi connectivity index (χ1n) is 17.0. The van der Waals surface area contributed by atoms with Crippen LogP contribution in [0.4, 0.5) is 0 Å². The van der Waals surface area contributed by atoms with E-state index in [0.29, 0.717) is 22.0 Å². The van der Waals surface area contributed by atoms with Gasteiger partial charge in [-0.25, -0.2) is 0 Å². The van der Waals surface area contributed by atoms with Gasteiger partial charge in [0, 0.05) is 55.1 Å². The molecule has 2 atom stereocenters. The maximum absolute atomic E-state index is 11.6. The summed E-state index contributed by atoms with van der Waals surface area (Å²) in [6, 6.07) is 29.7. The van der Waals surface area contributed by atoms with Crippen molar-refractivity contribution in [3.05, 3.63) is 129 Å². The summed E-state index contributed by atoms with van der Waals surface area (Å²) in [5.74, 6) is 2.50. The smallest absolute Gasteiger partial charge is 0.123 e. The number of phenols is 2. The van der Waals surface area contributed by atoms with Gasteiger partial charge in [-0.2, -0.15) is 23.5 Å². The third-order valence-corrected chi connectivity index (χ3v) is 13.2. The fourth-order valence-corrected chi connectivity index (χ4v) is 10.2. The molecule has 0 saturated heterocycles. The highest BCUT2D eigenvalue weighted by atomic mass is 32.2. The first-order chi connectivity index (χ1) is 22.0. The minimum Gasteiger partial charge on any atom is -0.507 e. The molecule has 0 amide bonds. The van der Waals surface area contributed by atoms with Crippen molar-refractivity contribution in [2.75, 3.05) is 0 Å². The number of rotatable bonds is 10. The highest BCUT2D eigenvalue weighted by Gasteiger charge is 2.31. The van der Waals surface area contributed by atoms with E-state index in [1.165, 1.54) is 60.8 Å². The van der Waals surface area contributed by atoms with E-state index in [2.05, 4.69) is 114 Å². The Labute approximate surface area is 286 Å². The molecule has 2 nitrogen and oxygen atoms in total. The summed E-state index contributed by atoms with van der Waals surface area (Å²) in [4.78, 5) is 0. The van der Waals surface area contributed by atoms with Crippen LogP contribution in [0.3, 0.4) is 0 Å². The van der Waals surface area contributed by atoms with Gasteiger partial charge in [0.25, 0.3) is 0 Å². The number of benzene rings is 4.